The largest absolute Gasteiger partial charge is 0.444 e. The molecule has 1 heterocycles. The number of benzene rings is 2. The molecule has 0 aromatic heterocycles. The van der Waals surface area contributed by atoms with E-state index in [0.717, 1.165) is 31.0 Å². The number of hydrogen-bond donors (Lipinski definition) is 1. The smallest absolute Gasteiger partial charge is 0.342 e. The summed E-state index contributed by atoms with van der Waals surface area (Å²) >= 11 is 0. The first-order valence-electron chi connectivity index (χ1n) is 8.64. The lowest BCUT2D eigenvalue weighted by Gasteiger charge is -2.23. The lowest BCUT2D eigenvalue weighted by Crippen LogP contribution is -2.35. The third-order valence-corrected chi connectivity index (χ3v) is 5.37. The molecule has 0 bridgehead atoms. The van der Waals surface area contributed by atoms with Crippen molar-refractivity contribution < 1.29 is 27.1 Å². The van der Waals surface area contributed by atoms with Gasteiger partial charge in [0.05, 0.1) is 10.5 Å². The molecule has 1 aliphatic rings. The van der Waals surface area contributed by atoms with Gasteiger partial charge in [-0.15, -0.1) is 0 Å². The van der Waals surface area contributed by atoms with Gasteiger partial charge >= 0.3 is 5.97 Å². The number of carbonyl (C=O) groups is 2. The van der Waals surface area contributed by atoms with Crippen LogP contribution < -0.4 is 5.14 Å². The van der Waals surface area contributed by atoms with Gasteiger partial charge in [0.25, 0.3) is 5.91 Å². The summed E-state index contributed by atoms with van der Waals surface area (Å²) in [5.74, 6) is -2.53. The SMILES string of the molecule is NS(=O)(=O)c1ccc(F)c(C(=O)O[C@@H](C(=O)N2CCCC2)c2ccccc2)c1. The van der Waals surface area contributed by atoms with Gasteiger partial charge in [0.1, 0.15) is 5.82 Å². The second kappa shape index (κ2) is 8.07. The lowest BCUT2D eigenvalue weighted by atomic mass is 10.1. The van der Waals surface area contributed by atoms with Crippen molar-refractivity contribution in [1.29, 1.82) is 0 Å². The number of nitrogens with two attached hydrogens (primary N) is 1. The second-order valence-corrected chi connectivity index (χ2v) is 7.98. The Hall–Kier alpha value is -2.78. The maximum absolute atomic E-state index is 14.1. The van der Waals surface area contributed by atoms with Crippen molar-refractivity contribution in [3.05, 3.63) is 65.5 Å². The quantitative estimate of drug-likeness (QED) is 0.765. The fourth-order valence-electron chi connectivity index (χ4n) is 3.00. The molecule has 0 unspecified atom stereocenters. The molecule has 0 saturated carbocycles. The summed E-state index contributed by atoms with van der Waals surface area (Å²) in [6.07, 6.45) is 0.447. The maximum atomic E-state index is 14.1. The average Bonchev–Trinajstić information content (AvgIpc) is 3.20. The van der Waals surface area contributed by atoms with Gasteiger partial charge in [-0.1, -0.05) is 30.3 Å². The molecule has 148 valence electrons. The monoisotopic (exact) mass is 406 g/mol. The lowest BCUT2D eigenvalue weighted by molar-refractivity contribution is -0.140. The summed E-state index contributed by atoms with van der Waals surface area (Å²) in [4.78, 5) is 26.6. The molecule has 1 aliphatic heterocycles. The number of hydrogen-bond acceptors (Lipinski definition) is 5. The van der Waals surface area contributed by atoms with Crippen molar-refractivity contribution in [3.63, 3.8) is 0 Å². The van der Waals surface area contributed by atoms with E-state index in [4.69, 9.17) is 9.88 Å². The fraction of sp³-hybridized carbons (Fsp3) is 0.263. The fourth-order valence-corrected chi connectivity index (χ4v) is 3.54. The number of esters is 1. The number of halogens is 1. The van der Waals surface area contributed by atoms with E-state index in [2.05, 4.69) is 0 Å². The predicted molar refractivity (Wildman–Crippen MR) is 98.2 cm³/mol. The summed E-state index contributed by atoms with van der Waals surface area (Å²) in [5.41, 5.74) is -0.169. The molecule has 7 nitrogen and oxygen atoms in total. The van der Waals surface area contributed by atoms with E-state index >= 15 is 0 Å². The molecule has 1 saturated heterocycles. The van der Waals surface area contributed by atoms with E-state index in [1.165, 1.54) is 0 Å². The van der Waals surface area contributed by atoms with Crippen LogP contribution in [0.25, 0.3) is 0 Å². The highest BCUT2D eigenvalue weighted by Gasteiger charge is 2.32. The molecule has 1 amide bonds. The van der Waals surface area contributed by atoms with Crippen LogP contribution in [0.5, 0.6) is 0 Å². The first-order chi connectivity index (χ1) is 13.3. The first-order valence-corrected chi connectivity index (χ1v) is 10.2. The normalized spacial score (nSPS) is 15.3. The van der Waals surface area contributed by atoms with Crippen LogP contribution in [0.3, 0.4) is 0 Å². The van der Waals surface area contributed by atoms with E-state index < -0.39 is 44.3 Å². The number of amides is 1. The van der Waals surface area contributed by atoms with Crippen LogP contribution in [-0.2, 0) is 19.6 Å². The average molecular weight is 406 g/mol. The van der Waals surface area contributed by atoms with Gasteiger partial charge in [0.15, 0.2) is 0 Å². The van der Waals surface area contributed by atoms with Crippen molar-refractivity contribution >= 4 is 21.9 Å². The summed E-state index contributed by atoms with van der Waals surface area (Å²) < 4.78 is 42.4. The maximum Gasteiger partial charge on any atom is 0.342 e. The van der Waals surface area contributed by atoms with Crippen molar-refractivity contribution in [2.75, 3.05) is 13.1 Å². The highest BCUT2D eigenvalue weighted by molar-refractivity contribution is 7.89. The second-order valence-electron chi connectivity index (χ2n) is 6.42. The van der Waals surface area contributed by atoms with E-state index in [-0.39, 0.29) is 0 Å². The molecule has 2 aromatic carbocycles. The summed E-state index contributed by atoms with van der Waals surface area (Å²) in [5, 5.41) is 5.04. The third-order valence-electron chi connectivity index (χ3n) is 4.46. The Bertz CT molecular complexity index is 989. The molecule has 0 spiro atoms. The van der Waals surface area contributed by atoms with E-state index in [0.29, 0.717) is 18.7 Å². The van der Waals surface area contributed by atoms with Crippen LogP contribution in [-0.4, -0.2) is 38.3 Å². The zero-order valence-corrected chi connectivity index (χ0v) is 15.7. The molecular weight excluding hydrogens is 387 g/mol. The van der Waals surface area contributed by atoms with Crippen LogP contribution >= 0.6 is 0 Å². The van der Waals surface area contributed by atoms with Gasteiger partial charge in [0, 0.05) is 18.7 Å². The zero-order chi connectivity index (χ0) is 20.3. The van der Waals surface area contributed by atoms with E-state index in [9.17, 15) is 22.4 Å². The Morgan fingerprint density at radius 2 is 1.71 bits per heavy atom. The van der Waals surface area contributed by atoms with Gasteiger partial charge in [-0.25, -0.2) is 22.7 Å². The Morgan fingerprint density at radius 3 is 2.32 bits per heavy atom. The van der Waals surface area contributed by atoms with Gasteiger partial charge in [0.2, 0.25) is 16.1 Å². The van der Waals surface area contributed by atoms with Crippen LogP contribution in [0.2, 0.25) is 0 Å². The van der Waals surface area contributed by atoms with Crippen molar-refractivity contribution in [2.24, 2.45) is 5.14 Å². The topological polar surface area (TPSA) is 107 Å². The Balaban J connectivity index is 1.92. The number of ether oxygens (including phenoxy) is 1. The van der Waals surface area contributed by atoms with Gasteiger partial charge in [-0.2, -0.15) is 0 Å². The number of rotatable bonds is 5. The van der Waals surface area contributed by atoms with E-state index in [1.54, 1.807) is 35.2 Å². The highest BCUT2D eigenvalue weighted by Crippen LogP contribution is 2.25. The van der Waals surface area contributed by atoms with Crippen LogP contribution in [0, 0.1) is 5.82 Å². The van der Waals surface area contributed by atoms with Crippen molar-refractivity contribution in [1.82, 2.24) is 4.90 Å². The van der Waals surface area contributed by atoms with Crippen LogP contribution in [0.4, 0.5) is 4.39 Å². The minimum atomic E-state index is -4.14. The number of likely N-dealkylation sites (tertiary alicyclic amines) is 1. The Kier molecular flexibility index (Phi) is 5.76. The first kappa shape index (κ1) is 20.0. The molecular formula is C19H19FN2O5S. The molecule has 2 aromatic rings. The Labute approximate surface area is 161 Å². The minimum Gasteiger partial charge on any atom is -0.444 e. The number of carbonyl (C=O) groups excluding carboxylic acids is 2. The molecule has 1 fully saturated rings. The minimum absolute atomic E-state index is 0.403. The summed E-state index contributed by atoms with van der Waals surface area (Å²) in [6, 6.07) is 11.0. The van der Waals surface area contributed by atoms with Gasteiger partial charge in [-0.3, -0.25) is 4.79 Å². The molecule has 9 heteroatoms. The molecule has 1 atom stereocenters. The molecule has 0 aliphatic carbocycles. The van der Waals surface area contributed by atoms with E-state index in [1.807, 2.05) is 0 Å². The molecule has 0 radical (unpaired) electrons. The van der Waals surface area contributed by atoms with Crippen LogP contribution in [0.1, 0.15) is 34.9 Å². The summed E-state index contributed by atoms with van der Waals surface area (Å²) in [6.45, 7) is 1.10. The molecule has 28 heavy (non-hydrogen) atoms. The molecule has 3 rings (SSSR count). The predicted octanol–water partition coefficient (Wildman–Crippen LogP) is 1.99. The number of nitrogens with zero attached hydrogens (tertiary/aromatic N) is 1. The Morgan fingerprint density at radius 1 is 1.07 bits per heavy atom. The number of primary sulfonamides is 1. The highest BCUT2D eigenvalue weighted by atomic mass is 32.2. The van der Waals surface area contributed by atoms with Gasteiger partial charge in [-0.05, 0) is 31.0 Å². The summed E-state index contributed by atoms with van der Waals surface area (Å²) in [7, 11) is -4.14. The zero-order valence-electron chi connectivity index (χ0n) is 14.9. The van der Waals surface area contributed by atoms with Crippen molar-refractivity contribution in [2.45, 2.75) is 23.8 Å². The number of sulfonamides is 1. The third kappa shape index (κ3) is 4.37. The van der Waals surface area contributed by atoms with Crippen molar-refractivity contribution in [3.8, 4) is 0 Å². The molecule has 2 N–H and O–H groups in total. The van der Waals surface area contributed by atoms with Crippen LogP contribution in [0.15, 0.2) is 53.4 Å². The standard InChI is InChI=1S/C19H19FN2O5S/c20-16-9-8-14(28(21,25)26)12-15(16)19(24)27-17(13-6-2-1-3-7-13)18(23)22-10-4-5-11-22/h1-3,6-9,12,17H,4-5,10-11H2,(H2,21,25,26)/t17-/m1/s1. The van der Waals surface area contributed by atoms with Gasteiger partial charge < -0.3 is 9.64 Å².